The zero-order valence-electron chi connectivity index (χ0n) is 13.6. The third-order valence-electron chi connectivity index (χ3n) is 3.57. The van der Waals surface area contributed by atoms with Crippen LogP contribution in [0.25, 0.3) is 10.9 Å². The molecule has 0 aliphatic carbocycles. The minimum absolute atomic E-state index is 0.226. The van der Waals surface area contributed by atoms with Crippen LogP contribution in [-0.4, -0.2) is 24.6 Å². The molecule has 0 saturated heterocycles. The minimum atomic E-state index is -0.226. The van der Waals surface area contributed by atoms with Gasteiger partial charge in [-0.05, 0) is 37.3 Å². The summed E-state index contributed by atoms with van der Waals surface area (Å²) in [6.45, 7) is 2.38. The smallest absolute Gasteiger partial charge is 0.255 e. The number of hydrogen-bond donors (Lipinski definition) is 1. The molecule has 0 aliphatic rings. The number of amides is 1. The first-order chi connectivity index (χ1) is 11.7. The van der Waals surface area contributed by atoms with Gasteiger partial charge in [0.15, 0.2) is 11.5 Å². The zero-order chi connectivity index (χ0) is 16.9. The Morgan fingerprint density at radius 1 is 1.12 bits per heavy atom. The molecule has 1 heterocycles. The molecule has 0 fully saturated rings. The molecule has 3 rings (SSSR count). The molecule has 0 unspecified atom stereocenters. The molecule has 1 amide bonds. The van der Waals surface area contributed by atoms with E-state index in [1.165, 1.54) is 0 Å². The van der Waals surface area contributed by atoms with Crippen molar-refractivity contribution in [2.45, 2.75) is 6.92 Å². The lowest BCUT2D eigenvalue weighted by Crippen LogP contribution is -2.12. The fourth-order valence-corrected chi connectivity index (χ4v) is 2.43. The first kappa shape index (κ1) is 15.8. The van der Waals surface area contributed by atoms with Crippen molar-refractivity contribution in [2.75, 3.05) is 19.0 Å². The zero-order valence-corrected chi connectivity index (χ0v) is 13.6. The number of nitrogens with one attached hydrogen (secondary N) is 1. The molecule has 0 radical (unpaired) electrons. The number of carbonyl (C=O) groups is 1. The molecule has 24 heavy (non-hydrogen) atoms. The first-order valence-electron chi connectivity index (χ1n) is 7.68. The van der Waals surface area contributed by atoms with Crippen molar-refractivity contribution in [1.82, 2.24) is 4.98 Å². The number of anilines is 1. The van der Waals surface area contributed by atoms with Gasteiger partial charge in [0.25, 0.3) is 5.91 Å². The van der Waals surface area contributed by atoms with Crippen molar-refractivity contribution in [3.63, 3.8) is 0 Å². The van der Waals surface area contributed by atoms with Crippen LogP contribution in [-0.2, 0) is 0 Å². The lowest BCUT2D eigenvalue weighted by atomic mass is 10.1. The van der Waals surface area contributed by atoms with Gasteiger partial charge >= 0.3 is 0 Å². The van der Waals surface area contributed by atoms with Crippen LogP contribution >= 0.6 is 0 Å². The average molecular weight is 322 g/mol. The van der Waals surface area contributed by atoms with Gasteiger partial charge < -0.3 is 14.8 Å². The van der Waals surface area contributed by atoms with Gasteiger partial charge in [0.05, 0.1) is 31.1 Å². The third-order valence-corrected chi connectivity index (χ3v) is 3.57. The normalized spacial score (nSPS) is 10.4. The maximum Gasteiger partial charge on any atom is 0.255 e. The molecule has 1 N–H and O–H groups in total. The van der Waals surface area contributed by atoms with Gasteiger partial charge in [0, 0.05) is 10.9 Å². The molecule has 1 aromatic heterocycles. The number of benzene rings is 2. The van der Waals surface area contributed by atoms with Gasteiger partial charge in [-0.25, -0.2) is 0 Å². The van der Waals surface area contributed by atoms with E-state index in [9.17, 15) is 4.79 Å². The summed E-state index contributed by atoms with van der Waals surface area (Å²) in [5.41, 5.74) is 2.03. The van der Waals surface area contributed by atoms with E-state index >= 15 is 0 Å². The molecule has 2 aromatic carbocycles. The maximum absolute atomic E-state index is 12.5. The number of carbonyl (C=O) groups excluding carboxylic acids is 1. The number of rotatable bonds is 5. The van der Waals surface area contributed by atoms with Gasteiger partial charge in [0.1, 0.15) is 0 Å². The van der Waals surface area contributed by atoms with Crippen LogP contribution in [0.2, 0.25) is 0 Å². The molecule has 122 valence electrons. The van der Waals surface area contributed by atoms with Crippen molar-refractivity contribution in [1.29, 1.82) is 0 Å². The SMILES string of the molecule is CCOc1cc(C(=O)Nc2cnc3ccccc3c2)ccc1OC. The van der Waals surface area contributed by atoms with E-state index in [1.807, 2.05) is 37.3 Å². The number of ether oxygens (including phenoxy) is 2. The Morgan fingerprint density at radius 3 is 2.75 bits per heavy atom. The second-order valence-electron chi connectivity index (χ2n) is 5.17. The molecule has 0 saturated carbocycles. The molecular weight excluding hydrogens is 304 g/mol. The van der Waals surface area contributed by atoms with Crippen LogP contribution in [0, 0.1) is 0 Å². The van der Waals surface area contributed by atoms with Crippen LogP contribution in [0.3, 0.4) is 0 Å². The highest BCUT2D eigenvalue weighted by Gasteiger charge is 2.12. The summed E-state index contributed by atoms with van der Waals surface area (Å²) in [7, 11) is 1.57. The summed E-state index contributed by atoms with van der Waals surface area (Å²) in [5.74, 6) is 0.917. The topological polar surface area (TPSA) is 60.5 Å². The highest BCUT2D eigenvalue weighted by atomic mass is 16.5. The van der Waals surface area contributed by atoms with Crippen LogP contribution in [0.5, 0.6) is 11.5 Å². The Bertz CT molecular complexity index is 877. The highest BCUT2D eigenvalue weighted by molar-refractivity contribution is 6.05. The van der Waals surface area contributed by atoms with E-state index in [0.29, 0.717) is 29.4 Å². The van der Waals surface area contributed by atoms with Crippen molar-refractivity contribution in [3.8, 4) is 11.5 Å². The van der Waals surface area contributed by atoms with Gasteiger partial charge in [-0.15, -0.1) is 0 Å². The standard InChI is InChI=1S/C19H18N2O3/c1-3-24-18-11-14(8-9-17(18)23-2)19(22)21-15-10-13-6-4-5-7-16(13)20-12-15/h4-12H,3H2,1-2H3,(H,21,22). The van der Waals surface area contributed by atoms with E-state index in [2.05, 4.69) is 10.3 Å². The summed E-state index contributed by atoms with van der Waals surface area (Å²) >= 11 is 0. The van der Waals surface area contributed by atoms with Crippen molar-refractivity contribution in [3.05, 3.63) is 60.3 Å². The van der Waals surface area contributed by atoms with E-state index in [4.69, 9.17) is 9.47 Å². The maximum atomic E-state index is 12.5. The largest absolute Gasteiger partial charge is 0.493 e. The molecule has 0 bridgehead atoms. The molecule has 5 nitrogen and oxygen atoms in total. The Morgan fingerprint density at radius 2 is 1.96 bits per heavy atom. The third kappa shape index (κ3) is 3.30. The second kappa shape index (κ2) is 7.00. The second-order valence-corrected chi connectivity index (χ2v) is 5.17. The molecule has 0 atom stereocenters. The number of methoxy groups -OCH3 is 1. The Kier molecular flexibility index (Phi) is 4.61. The van der Waals surface area contributed by atoms with E-state index in [-0.39, 0.29) is 5.91 Å². The highest BCUT2D eigenvalue weighted by Crippen LogP contribution is 2.28. The van der Waals surface area contributed by atoms with E-state index in [0.717, 1.165) is 10.9 Å². The lowest BCUT2D eigenvalue weighted by molar-refractivity contribution is 0.102. The molecule has 0 spiro atoms. The Labute approximate surface area is 140 Å². The number of fused-ring (bicyclic) bond motifs is 1. The van der Waals surface area contributed by atoms with Gasteiger partial charge in [-0.1, -0.05) is 18.2 Å². The van der Waals surface area contributed by atoms with Gasteiger partial charge in [-0.3, -0.25) is 9.78 Å². The summed E-state index contributed by atoms with van der Waals surface area (Å²) in [5, 5.41) is 3.83. The monoisotopic (exact) mass is 322 g/mol. The number of para-hydroxylation sites is 1. The lowest BCUT2D eigenvalue weighted by Gasteiger charge is -2.11. The van der Waals surface area contributed by atoms with Crippen molar-refractivity contribution < 1.29 is 14.3 Å². The van der Waals surface area contributed by atoms with Crippen LogP contribution in [0.15, 0.2) is 54.7 Å². The predicted molar refractivity (Wildman–Crippen MR) is 93.9 cm³/mol. The summed E-state index contributed by atoms with van der Waals surface area (Å²) in [6, 6.07) is 14.7. The van der Waals surface area contributed by atoms with Crippen molar-refractivity contribution in [2.24, 2.45) is 0 Å². The van der Waals surface area contributed by atoms with Crippen LogP contribution in [0.4, 0.5) is 5.69 Å². The van der Waals surface area contributed by atoms with Crippen molar-refractivity contribution >= 4 is 22.5 Å². The summed E-state index contributed by atoms with van der Waals surface area (Å²) in [4.78, 5) is 16.8. The van der Waals surface area contributed by atoms with Gasteiger partial charge in [-0.2, -0.15) is 0 Å². The first-order valence-corrected chi connectivity index (χ1v) is 7.68. The van der Waals surface area contributed by atoms with Crippen LogP contribution in [0.1, 0.15) is 17.3 Å². The quantitative estimate of drug-likeness (QED) is 0.774. The molecular formula is C19H18N2O3. The van der Waals surface area contributed by atoms with E-state index < -0.39 is 0 Å². The average Bonchev–Trinajstić information content (AvgIpc) is 2.62. The number of pyridine rings is 1. The Hall–Kier alpha value is -3.08. The predicted octanol–water partition coefficient (Wildman–Crippen LogP) is 3.89. The number of aromatic nitrogens is 1. The number of nitrogens with zero attached hydrogens (tertiary/aromatic N) is 1. The fourth-order valence-electron chi connectivity index (χ4n) is 2.43. The van der Waals surface area contributed by atoms with Gasteiger partial charge in [0.2, 0.25) is 0 Å². The minimum Gasteiger partial charge on any atom is -0.493 e. The Balaban J connectivity index is 1.84. The molecule has 5 heteroatoms. The number of hydrogen-bond acceptors (Lipinski definition) is 4. The molecule has 0 aliphatic heterocycles. The molecule has 3 aromatic rings. The van der Waals surface area contributed by atoms with E-state index in [1.54, 1.807) is 31.5 Å². The summed E-state index contributed by atoms with van der Waals surface area (Å²) in [6.07, 6.45) is 1.65. The van der Waals surface area contributed by atoms with Crippen LogP contribution < -0.4 is 14.8 Å². The summed E-state index contributed by atoms with van der Waals surface area (Å²) < 4.78 is 10.7. The fraction of sp³-hybridized carbons (Fsp3) is 0.158.